The molecule has 5 rings (SSSR count). The van der Waals surface area contributed by atoms with Crippen LogP contribution in [0, 0.1) is 26.6 Å². The normalized spacial score (nSPS) is 12.0. The summed E-state index contributed by atoms with van der Waals surface area (Å²) in [7, 11) is 0. The third-order valence-electron chi connectivity index (χ3n) is 7.35. The SMILES string of the molecule is Cc1ccccc1-c1ccc(Cn2c(C)c(C)c3cc(C(=O)N[C@@H](C)c4cccc(F)c4)ccc32)cc1. The molecule has 37 heavy (non-hydrogen) atoms. The van der Waals surface area contributed by atoms with Crippen LogP contribution in [0.25, 0.3) is 22.0 Å². The molecule has 0 aliphatic heterocycles. The van der Waals surface area contributed by atoms with E-state index in [-0.39, 0.29) is 17.8 Å². The Kier molecular flexibility index (Phi) is 6.66. The molecule has 0 unspecified atom stereocenters. The molecule has 4 heteroatoms. The van der Waals surface area contributed by atoms with Gasteiger partial charge in [0, 0.05) is 28.7 Å². The Morgan fingerprint density at radius 3 is 2.38 bits per heavy atom. The number of fused-ring (bicyclic) bond motifs is 1. The van der Waals surface area contributed by atoms with Crippen molar-refractivity contribution in [3.8, 4) is 11.1 Å². The number of rotatable bonds is 6. The fourth-order valence-electron chi connectivity index (χ4n) is 5.00. The maximum atomic E-state index is 13.6. The van der Waals surface area contributed by atoms with E-state index in [0.29, 0.717) is 5.56 Å². The first kappa shape index (κ1) is 24.5. The zero-order chi connectivity index (χ0) is 26.1. The summed E-state index contributed by atoms with van der Waals surface area (Å²) in [5.74, 6) is -0.479. The van der Waals surface area contributed by atoms with Crippen LogP contribution in [-0.4, -0.2) is 10.5 Å². The van der Waals surface area contributed by atoms with E-state index in [1.807, 2.05) is 31.2 Å². The van der Waals surface area contributed by atoms with E-state index in [1.165, 1.54) is 45.6 Å². The van der Waals surface area contributed by atoms with Gasteiger partial charge in [-0.15, -0.1) is 0 Å². The number of hydrogen-bond donors (Lipinski definition) is 1. The number of aromatic nitrogens is 1. The maximum Gasteiger partial charge on any atom is 0.251 e. The number of carbonyl (C=O) groups is 1. The van der Waals surface area contributed by atoms with E-state index < -0.39 is 0 Å². The van der Waals surface area contributed by atoms with Crippen molar-refractivity contribution < 1.29 is 9.18 Å². The number of nitrogens with one attached hydrogen (secondary N) is 1. The third kappa shape index (κ3) is 4.92. The minimum absolute atomic E-state index is 0.171. The highest BCUT2D eigenvalue weighted by Crippen LogP contribution is 2.29. The number of carbonyl (C=O) groups excluding carboxylic acids is 1. The predicted molar refractivity (Wildman–Crippen MR) is 149 cm³/mol. The van der Waals surface area contributed by atoms with Crippen molar-refractivity contribution in [2.75, 3.05) is 0 Å². The van der Waals surface area contributed by atoms with Crippen LogP contribution in [0.4, 0.5) is 4.39 Å². The van der Waals surface area contributed by atoms with E-state index >= 15 is 0 Å². The average molecular weight is 491 g/mol. The van der Waals surface area contributed by atoms with Gasteiger partial charge in [-0.3, -0.25) is 4.79 Å². The first-order chi connectivity index (χ1) is 17.8. The molecule has 1 N–H and O–H groups in total. The number of halogens is 1. The molecule has 0 fully saturated rings. The quantitative estimate of drug-likeness (QED) is 0.258. The Morgan fingerprint density at radius 2 is 1.65 bits per heavy atom. The van der Waals surface area contributed by atoms with Crippen molar-refractivity contribution in [3.05, 3.63) is 130 Å². The molecular weight excluding hydrogens is 459 g/mol. The van der Waals surface area contributed by atoms with Gasteiger partial charge in [-0.2, -0.15) is 0 Å². The number of aryl methyl sites for hydroxylation is 2. The first-order valence-corrected chi connectivity index (χ1v) is 12.6. The summed E-state index contributed by atoms with van der Waals surface area (Å²) in [5, 5.41) is 4.06. The van der Waals surface area contributed by atoms with Gasteiger partial charge in [0.25, 0.3) is 5.91 Å². The maximum absolute atomic E-state index is 13.6. The van der Waals surface area contributed by atoms with E-state index in [0.717, 1.165) is 23.0 Å². The van der Waals surface area contributed by atoms with Crippen LogP contribution < -0.4 is 5.32 Å². The number of benzene rings is 4. The topological polar surface area (TPSA) is 34.0 Å². The standard InChI is InChI=1S/C33H31FN2O/c1-21-8-5-6-11-30(21)26-14-12-25(13-15-26)20-36-24(4)22(2)31-19-28(16-17-32(31)36)33(37)35-23(3)27-9-7-10-29(34)18-27/h5-19,23H,20H2,1-4H3,(H,35,37)/t23-/m0/s1. The van der Waals surface area contributed by atoms with Gasteiger partial charge in [-0.05, 0) is 91.4 Å². The summed E-state index contributed by atoms with van der Waals surface area (Å²) in [6.07, 6.45) is 0. The molecule has 0 saturated heterocycles. The van der Waals surface area contributed by atoms with Crippen molar-refractivity contribution in [2.45, 2.75) is 40.3 Å². The Labute approximate surface area is 217 Å². The minimum atomic E-state index is -0.308. The van der Waals surface area contributed by atoms with Gasteiger partial charge in [-0.1, -0.05) is 60.7 Å². The molecule has 0 bridgehead atoms. The predicted octanol–water partition coefficient (Wildman–Crippen LogP) is 7.91. The summed E-state index contributed by atoms with van der Waals surface area (Å²) >= 11 is 0. The van der Waals surface area contributed by atoms with Gasteiger partial charge < -0.3 is 9.88 Å². The van der Waals surface area contributed by atoms with Crippen molar-refractivity contribution in [3.63, 3.8) is 0 Å². The second-order valence-electron chi connectivity index (χ2n) is 9.79. The molecule has 0 radical (unpaired) electrons. The highest BCUT2D eigenvalue weighted by molar-refractivity contribution is 5.99. The van der Waals surface area contributed by atoms with E-state index in [9.17, 15) is 9.18 Å². The zero-order valence-corrected chi connectivity index (χ0v) is 21.7. The summed E-state index contributed by atoms with van der Waals surface area (Å²) < 4.78 is 15.9. The van der Waals surface area contributed by atoms with Crippen LogP contribution in [0.5, 0.6) is 0 Å². The second kappa shape index (κ2) is 10.1. The fraction of sp³-hybridized carbons (Fsp3) is 0.182. The Hall–Kier alpha value is -4.18. The summed E-state index contributed by atoms with van der Waals surface area (Å²) in [4.78, 5) is 13.0. The van der Waals surface area contributed by atoms with Crippen LogP contribution in [-0.2, 0) is 6.54 Å². The molecule has 1 aromatic heterocycles. The monoisotopic (exact) mass is 490 g/mol. The van der Waals surface area contributed by atoms with E-state index in [4.69, 9.17) is 0 Å². The largest absolute Gasteiger partial charge is 0.346 e. The molecule has 1 amide bonds. The summed E-state index contributed by atoms with van der Waals surface area (Å²) in [6.45, 7) is 8.99. The molecule has 1 atom stereocenters. The van der Waals surface area contributed by atoms with Gasteiger partial charge in [-0.25, -0.2) is 4.39 Å². The van der Waals surface area contributed by atoms with Crippen molar-refractivity contribution in [1.29, 1.82) is 0 Å². The minimum Gasteiger partial charge on any atom is -0.346 e. The lowest BCUT2D eigenvalue weighted by Gasteiger charge is -2.15. The van der Waals surface area contributed by atoms with Gasteiger partial charge in [0.1, 0.15) is 5.82 Å². The van der Waals surface area contributed by atoms with Gasteiger partial charge >= 0.3 is 0 Å². The Bertz CT molecular complexity index is 1600. The van der Waals surface area contributed by atoms with Crippen LogP contribution in [0.1, 0.15) is 51.3 Å². The lowest BCUT2D eigenvalue weighted by Crippen LogP contribution is -2.26. The van der Waals surface area contributed by atoms with Crippen molar-refractivity contribution in [2.24, 2.45) is 0 Å². The zero-order valence-electron chi connectivity index (χ0n) is 21.7. The van der Waals surface area contributed by atoms with Crippen molar-refractivity contribution in [1.82, 2.24) is 9.88 Å². The molecule has 186 valence electrons. The van der Waals surface area contributed by atoms with E-state index in [2.05, 4.69) is 79.2 Å². The molecule has 0 spiro atoms. The second-order valence-corrected chi connectivity index (χ2v) is 9.79. The lowest BCUT2D eigenvalue weighted by atomic mass is 9.99. The van der Waals surface area contributed by atoms with Crippen molar-refractivity contribution >= 4 is 16.8 Å². The molecule has 4 aromatic carbocycles. The van der Waals surface area contributed by atoms with E-state index in [1.54, 1.807) is 6.07 Å². The molecule has 3 nitrogen and oxygen atoms in total. The van der Waals surface area contributed by atoms with Crippen LogP contribution in [0.2, 0.25) is 0 Å². The Balaban J connectivity index is 1.38. The Morgan fingerprint density at radius 1 is 0.892 bits per heavy atom. The molecule has 0 aliphatic carbocycles. The lowest BCUT2D eigenvalue weighted by molar-refractivity contribution is 0.0940. The summed E-state index contributed by atoms with van der Waals surface area (Å²) in [5.41, 5.74) is 9.75. The molecule has 0 aliphatic rings. The van der Waals surface area contributed by atoms with Gasteiger partial charge in [0.2, 0.25) is 0 Å². The molecular formula is C33H31FN2O. The highest BCUT2D eigenvalue weighted by Gasteiger charge is 2.16. The number of amides is 1. The number of hydrogen-bond acceptors (Lipinski definition) is 1. The fourth-order valence-corrected chi connectivity index (χ4v) is 5.00. The van der Waals surface area contributed by atoms with Gasteiger partial charge in [0.05, 0.1) is 6.04 Å². The summed E-state index contributed by atoms with van der Waals surface area (Å²) in [6, 6.07) is 29.1. The molecule has 5 aromatic rings. The third-order valence-corrected chi connectivity index (χ3v) is 7.35. The molecule has 0 saturated carbocycles. The van der Waals surface area contributed by atoms with Crippen LogP contribution in [0.15, 0.2) is 91.0 Å². The first-order valence-electron chi connectivity index (χ1n) is 12.6. The van der Waals surface area contributed by atoms with Crippen LogP contribution >= 0.6 is 0 Å². The average Bonchev–Trinajstić information content (AvgIpc) is 3.13. The van der Waals surface area contributed by atoms with Gasteiger partial charge in [0.15, 0.2) is 0 Å². The van der Waals surface area contributed by atoms with Crippen LogP contribution in [0.3, 0.4) is 0 Å². The number of nitrogens with zero attached hydrogens (tertiary/aromatic N) is 1. The smallest absolute Gasteiger partial charge is 0.251 e. The highest BCUT2D eigenvalue weighted by atomic mass is 19.1. The molecule has 1 heterocycles.